The lowest BCUT2D eigenvalue weighted by Gasteiger charge is -2.39. The van der Waals surface area contributed by atoms with E-state index in [1.165, 1.54) is 0 Å². The van der Waals surface area contributed by atoms with E-state index in [-0.39, 0.29) is 11.9 Å². The van der Waals surface area contributed by atoms with E-state index in [2.05, 4.69) is 20.5 Å². The van der Waals surface area contributed by atoms with Crippen LogP contribution in [0.15, 0.2) is 18.2 Å². The van der Waals surface area contributed by atoms with E-state index in [9.17, 15) is 5.11 Å². The molecule has 8 nitrogen and oxygen atoms in total. The standard InChI is InChI=1S/C16H20Cl2N6O2/c1-26-8-10(25)5-20-9-6-24(7-9)16-21-15(19)14(22-23-16)11-3-2-4-12(17)13(11)18/h2-4,9-10,20,25H,5-8H2,1H3,(H2,19,21,23). The number of hydrogen-bond donors (Lipinski definition) is 3. The summed E-state index contributed by atoms with van der Waals surface area (Å²) in [6.45, 7) is 2.19. The van der Waals surface area contributed by atoms with Gasteiger partial charge in [-0.1, -0.05) is 35.3 Å². The molecule has 2 aromatic rings. The number of halogens is 2. The lowest BCUT2D eigenvalue weighted by atomic mass is 10.1. The minimum absolute atomic E-state index is 0.242. The monoisotopic (exact) mass is 398 g/mol. The summed E-state index contributed by atoms with van der Waals surface area (Å²) in [5.41, 5.74) is 7.05. The van der Waals surface area contributed by atoms with E-state index in [1.807, 2.05) is 4.90 Å². The molecule has 0 radical (unpaired) electrons. The van der Waals surface area contributed by atoms with Gasteiger partial charge in [0.25, 0.3) is 0 Å². The lowest BCUT2D eigenvalue weighted by Crippen LogP contribution is -2.60. The van der Waals surface area contributed by atoms with Crippen molar-refractivity contribution in [2.24, 2.45) is 0 Å². The third-order valence-corrected chi connectivity index (χ3v) is 4.89. The van der Waals surface area contributed by atoms with Crippen LogP contribution in [0.1, 0.15) is 0 Å². The molecule has 0 spiro atoms. The van der Waals surface area contributed by atoms with Crippen molar-refractivity contribution in [1.82, 2.24) is 20.5 Å². The third kappa shape index (κ3) is 4.16. The smallest absolute Gasteiger partial charge is 0.247 e. The van der Waals surface area contributed by atoms with Gasteiger partial charge >= 0.3 is 0 Å². The van der Waals surface area contributed by atoms with E-state index in [0.717, 1.165) is 0 Å². The Kier molecular flexibility index (Phi) is 6.10. The van der Waals surface area contributed by atoms with Crippen LogP contribution in [0.5, 0.6) is 0 Å². The van der Waals surface area contributed by atoms with Gasteiger partial charge in [0.15, 0.2) is 5.82 Å². The zero-order chi connectivity index (χ0) is 18.7. The molecule has 1 aliphatic heterocycles. The number of benzene rings is 1. The normalized spacial score (nSPS) is 15.8. The quantitative estimate of drug-likeness (QED) is 0.638. The first-order valence-corrected chi connectivity index (χ1v) is 8.85. The fourth-order valence-corrected chi connectivity index (χ4v) is 3.06. The molecule has 1 aromatic carbocycles. The van der Waals surface area contributed by atoms with Crippen molar-refractivity contribution in [2.75, 3.05) is 44.0 Å². The fraction of sp³-hybridized carbons (Fsp3) is 0.438. The van der Waals surface area contributed by atoms with E-state index in [1.54, 1.807) is 25.3 Å². The van der Waals surface area contributed by atoms with Crippen LogP contribution in [0.3, 0.4) is 0 Å². The molecular weight excluding hydrogens is 379 g/mol. The lowest BCUT2D eigenvalue weighted by molar-refractivity contribution is 0.0619. The zero-order valence-electron chi connectivity index (χ0n) is 14.2. The summed E-state index contributed by atoms with van der Waals surface area (Å²) in [5, 5.41) is 22.0. The van der Waals surface area contributed by atoms with Crippen LogP contribution in [0.25, 0.3) is 11.3 Å². The first-order chi connectivity index (χ1) is 12.5. The SMILES string of the molecule is COCC(O)CNC1CN(c2nnc(-c3cccc(Cl)c3Cl)c(N)n2)C1. The number of hydrogen-bond acceptors (Lipinski definition) is 8. The number of nitrogen functional groups attached to an aromatic ring is 1. The van der Waals surface area contributed by atoms with Gasteiger partial charge < -0.3 is 25.8 Å². The second kappa shape index (κ2) is 8.32. The molecule has 1 aromatic heterocycles. The number of rotatable bonds is 7. The zero-order valence-corrected chi connectivity index (χ0v) is 15.7. The third-order valence-electron chi connectivity index (χ3n) is 4.07. The summed E-state index contributed by atoms with van der Waals surface area (Å²) < 4.78 is 4.89. The van der Waals surface area contributed by atoms with Gasteiger partial charge in [-0.25, -0.2) is 0 Å². The maximum atomic E-state index is 9.65. The molecule has 1 atom stereocenters. The summed E-state index contributed by atoms with van der Waals surface area (Å²) in [5.74, 6) is 0.700. The Morgan fingerprint density at radius 2 is 2.15 bits per heavy atom. The van der Waals surface area contributed by atoms with Gasteiger partial charge in [-0.3, -0.25) is 0 Å². The maximum Gasteiger partial charge on any atom is 0.247 e. The van der Waals surface area contributed by atoms with E-state index in [4.69, 9.17) is 33.7 Å². The number of anilines is 2. The number of nitrogens with zero attached hydrogens (tertiary/aromatic N) is 4. The highest BCUT2D eigenvalue weighted by Crippen LogP contribution is 2.34. The molecule has 2 heterocycles. The van der Waals surface area contributed by atoms with E-state index < -0.39 is 6.10 Å². The molecule has 140 valence electrons. The average Bonchev–Trinajstić information content (AvgIpc) is 2.57. The minimum Gasteiger partial charge on any atom is -0.389 e. The van der Waals surface area contributed by atoms with Crippen molar-refractivity contribution in [1.29, 1.82) is 0 Å². The Morgan fingerprint density at radius 3 is 2.85 bits per heavy atom. The highest BCUT2D eigenvalue weighted by Gasteiger charge is 2.29. The molecule has 1 unspecified atom stereocenters. The molecule has 26 heavy (non-hydrogen) atoms. The van der Waals surface area contributed by atoms with Gasteiger partial charge in [-0.2, -0.15) is 4.98 Å². The summed E-state index contributed by atoms with van der Waals surface area (Å²) in [7, 11) is 1.56. The molecule has 0 saturated carbocycles. The van der Waals surface area contributed by atoms with Gasteiger partial charge in [0.05, 0.1) is 22.8 Å². The van der Waals surface area contributed by atoms with Crippen LogP contribution in [0.4, 0.5) is 11.8 Å². The number of nitrogens with two attached hydrogens (primary N) is 1. The summed E-state index contributed by atoms with van der Waals surface area (Å²) in [6, 6.07) is 5.47. The van der Waals surface area contributed by atoms with Crippen molar-refractivity contribution in [3.05, 3.63) is 28.2 Å². The molecule has 4 N–H and O–H groups in total. The Balaban J connectivity index is 1.62. The van der Waals surface area contributed by atoms with Crippen LogP contribution in [0, 0.1) is 0 Å². The van der Waals surface area contributed by atoms with Gasteiger partial charge in [0.1, 0.15) is 5.69 Å². The second-order valence-electron chi connectivity index (χ2n) is 6.07. The van der Waals surface area contributed by atoms with Gasteiger partial charge in [-0.05, 0) is 6.07 Å². The molecular formula is C16H20Cl2N6O2. The first-order valence-electron chi connectivity index (χ1n) is 8.09. The molecule has 0 amide bonds. The van der Waals surface area contributed by atoms with Crippen molar-refractivity contribution in [2.45, 2.75) is 12.1 Å². The molecule has 1 aliphatic rings. The predicted octanol–water partition coefficient (Wildman–Crippen LogP) is 1.21. The molecule has 10 heteroatoms. The Hall–Kier alpha value is -1.71. The fourth-order valence-electron chi connectivity index (χ4n) is 2.67. The van der Waals surface area contributed by atoms with Crippen molar-refractivity contribution in [3.8, 4) is 11.3 Å². The molecule has 0 bridgehead atoms. The Bertz CT molecular complexity index is 772. The second-order valence-corrected chi connectivity index (χ2v) is 6.85. The number of aliphatic hydroxyl groups excluding tert-OH is 1. The average molecular weight is 399 g/mol. The van der Waals surface area contributed by atoms with Crippen LogP contribution < -0.4 is 16.0 Å². The molecule has 1 fully saturated rings. The summed E-state index contributed by atoms with van der Waals surface area (Å²) >= 11 is 12.2. The summed E-state index contributed by atoms with van der Waals surface area (Å²) in [6.07, 6.45) is -0.524. The number of aromatic nitrogens is 3. The largest absolute Gasteiger partial charge is 0.389 e. The van der Waals surface area contributed by atoms with E-state index >= 15 is 0 Å². The van der Waals surface area contributed by atoms with Crippen LogP contribution in [0.2, 0.25) is 10.0 Å². The molecule has 0 aliphatic carbocycles. The minimum atomic E-state index is -0.524. The topological polar surface area (TPSA) is 109 Å². The predicted molar refractivity (Wildman–Crippen MR) is 102 cm³/mol. The number of nitrogens with one attached hydrogen (secondary N) is 1. The van der Waals surface area contributed by atoms with Crippen molar-refractivity contribution >= 4 is 35.0 Å². The summed E-state index contributed by atoms with van der Waals surface area (Å²) in [4.78, 5) is 6.28. The van der Waals surface area contributed by atoms with Crippen molar-refractivity contribution in [3.63, 3.8) is 0 Å². The number of aliphatic hydroxyl groups is 1. The Morgan fingerprint density at radius 1 is 1.38 bits per heavy atom. The van der Waals surface area contributed by atoms with Crippen LogP contribution in [-0.2, 0) is 4.74 Å². The highest BCUT2D eigenvalue weighted by atomic mass is 35.5. The van der Waals surface area contributed by atoms with Gasteiger partial charge in [0, 0.05) is 38.3 Å². The Labute approximate surface area is 161 Å². The number of methoxy groups -OCH3 is 1. The van der Waals surface area contributed by atoms with Crippen LogP contribution in [-0.4, -0.2) is 65.8 Å². The maximum absolute atomic E-state index is 9.65. The first kappa shape index (κ1) is 19.1. The van der Waals surface area contributed by atoms with Crippen LogP contribution >= 0.6 is 23.2 Å². The molecule has 3 rings (SSSR count). The van der Waals surface area contributed by atoms with Gasteiger partial charge in [0.2, 0.25) is 5.95 Å². The van der Waals surface area contributed by atoms with Gasteiger partial charge in [-0.15, -0.1) is 10.2 Å². The number of ether oxygens (including phenoxy) is 1. The van der Waals surface area contributed by atoms with Crippen molar-refractivity contribution < 1.29 is 9.84 Å². The van der Waals surface area contributed by atoms with E-state index in [0.29, 0.717) is 53.5 Å². The highest BCUT2D eigenvalue weighted by molar-refractivity contribution is 6.43. The molecule has 1 saturated heterocycles.